The molecule has 0 spiro atoms. The number of para-hydroxylation sites is 1. The van der Waals surface area contributed by atoms with E-state index in [-0.39, 0.29) is 17.7 Å². The van der Waals surface area contributed by atoms with Crippen LogP contribution in [0.2, 0.25) is 0 Å². The Kier molecular flexibility index (Phi) is 6.09. The molecule has 154 valence electrons. The van der Waals surface area contributed by atoms with Gasteiger partial charge in [0.05, 0.1) is 18.7 Å². The van der Waals surface area contributed by atoms with Crippen molar-refractivity contribution in [3.8, 4) is 5.75 Å². The third-order valence-corrected chi connectivity index (χ3v) is 6.22. The number of hydrogen-bond acceptors (Lipinski definition) is 5. The highest BCUT2D eigenvalue weighted by atomic mass is 32.1. The van der Waals surface area contributed by atoms with Crippen LogP contribution < -0.4 is 15.4 Å². The summed E-state index contributed by atoms with van der Waals surface area (Å²) < 4.78 is 5.36. The van der Waals surface area contributed by atoms with Gasteiger partial charge in [-0.1, -0.05) is 36.4 Å². The second-order valence-corrected chi connectivity index (χ2v) is 8.18. The lowest BCUT2D eigenvalue weighted by Crippen LogP contribution is -2.30. The summed E-state index contributed by atoms with van der Waals surface area (Å²) in [6.45, 7) is 0.535. The SMILES string of the molecule is COc1ccccc1CCNC(=O)C1CCc2sc(NC(=O)c3ccccc3)nc21. The molecule has 1 atom stereocenters. The fraction of sp³-hybridized carbons (Fsp3) is 0.261. The quantitative estimate of drug-likeness (QED) is 0.608. The van der Waals surface area contributed by atoms with Crippen LogP contribution in [0.5, 0.6) is 5.75 Å². The van der Waals surface area contributed by atoms with E-state index >= 15 is 0 Å². The summed E-state index contributed by atoms with van der Waals surface area (Å²) in [5.74, 6) is 0.347. The highest BCUT2D eigenvalue weighted by Gasteiger charge is 2.32. The smallest absolute Gasteiger partial charge is 0.257 e. The van der Waals surface area contributed by atoms with Crippen LogP contribution in [0.25, 0.3) is 0 Å². The Labute approximate surface area is 179 Å². The van der Waals surface area contributed by atoms with Gasteiger partial charge in [0.15, 0.2) is 5.13 Å². The third-order valence-electron chi connectivity index (χ3n) is 5.18. The summed E-state index contributed by atoms with van der Waals surface area (Å²) in [7, 11) is 1.65. The van der Waals surface area contributed by atoms with Gasteiger partial charge in [-0.2, -0.15) is 0 Å². The summed E-state index contributed by atoms with van der Waals surface area (Å²) in [5.41, 5.74) is 2.43. The summed E-state index contributed by atoms with van der Waals surface area (Å²) in [6.07, 6.45) is 2.26. The lowest BCUT2D eigenvalue weighted by atomic mass is 10.1. The minimum Gasteiger partial charge on any atom is -0.496 e. The van der Waals surface area contributed by atoms with E-state index in [0.29, 0.717) is 23.7 Å². The van der Waals surface area contributed by atoms with Crippen molar-refractivity contribution in [1.29, 1.82) is 0 Å². The average molecular weight is 422 g/mol. The van der Waals surface area contributed by atoms with Crippen LogP contribution in [0, 0.1) is 0 Å². The van der Waals surface area contributed by atoms with Crippen LogP contribution in [0.3, 0.4) is 0 Å². The standard InChI is InChI=1S/C23H23N3O3S/c1-29-18-10-6-5-7-15(18)13-14-24-22(28)17-11-12-19-20(17)25-23(30-19)26-21(27)16-8-3-2-4-9-16/h2-10,17H,11-14H2,1H3,(H,24,28)(H,25,26,27). The first-order chi connectivity index (χ1) is 14.7. The van der Waals surface area contributed by atoms with Crippen LogP contribution in [-0.2, 0) is 17.6 Å². The minimum atomic E-state index is -0.267. The maximum Gasteiger partial charge on any atom is 0.257 e. The molecule has 0 radical (unpaired) electrons. The number of thiazole rings is 1. The van der Waals surface area contributed by atoms with Crippen molar-refractivity contribution in [3.63, 3.8) is 0 Å². The van der Waals surface area contributed by atoms with Gasteiger partial charge in [0.2, 0.25) is 5.91 Å². The number of aryl methyl sites for hydroxylation is 1. The highest BCUT2D eigenvalue weighted by Crippen LogP contribution is 2.38. The van der Waals surface area contributed by atoms with Gasteiger partial charge in [0.1, 0.15) is 5.75 Å². The van der Waals surface area contributed by atoms with Gasteiger partial charge in [-0.25, -0.2) is 4.98 Å². The van der Waals surface area contributed by atoms with E-state index in [1.807, 2.05) is 42.5 Å². The Balaban J connectivity index is 1.36. The van der Waals surface area contributed by atoms with Crippen LogP contribution >= 0.6 is 11.3 Å². The maximum absolute atomic E-state index is 12.7. The molecule has 30 heavy (non-hydrogen) atoms. The molecule has 1 heterocycles. The molecular formula is C23H23N3O3S. The summed E-state index contributed by atoms with van der Waals surface area (Å²) in [5, 5.41) is 6.41. The molecule has 2 amide bonds. The molecule has 0 aliphatic heterocycles. The number of ether oxygens (including phenoxy) is 1. The Morgan fingerprint density at radius 2 is 1.90 bits per heavy atom. The molecule has 4 rings (SSSR count). The molecule has 0 fully saturated rings. The summed E-state index contributed by atoms with van der Waals surface area (Å²) >= 11 is 1.45. The van der Waals surface area contributed by atoms with Crippen molar-refractivity contribution >= 4 is 28.3 Å². The lowest BCUT2D eigenvalue weighted by Gasteiger charge is -2.12. The Hall–Kier alpha value is -3.19. The molecule has 1 aliphatic rings. The molecular weight excluding hydrogens is 398 g/mol. The van der Waals surface area contributed by atoms with Gasteiger partial charge in [-0.3, -0.25) is 14.9 Å². The zero-order valence-corrected chi connectivity index (χ0v) is 17.5. The van der Waals surface area contributed by atoms with E-state index in [9.17, 15) is 9.59 Å². The largest absolute Gasteiger partial charge is 0.496 e. The highest BCUT2D eigenvalue weighted by molar-refractivity contribution is 7.16. The third kappa shape index (κ3) is 4.36. The molecule has 1 aromatic heterocycles. The van der Waals surface area contributed by atoms with Gasteiger partial charge in [-0.05, 0) is 43.0 Å². The number of benzene rings is 2. The predicted molar refractivity (Wildman–Crippen MR) is 117 cm³/mol. The number of methoxy groups -OCH3 is 1. The average Bonchev–Trinajstić information content (AvgIpc) is 3.34. The molecule has 6 nitrogen and oxygen atoms in total. The molecule has 3 aromatic rings. The second-order valence-electron chi connectivity index (χ2n) is 7.09. The van der Waals surface area contributed by atoms with Crippen LogP contribution in [0.15, 0.2) is 54.6 Å². The van der Waals surface area contributed by atoms with Crippen LogP contribution in [0.4, 0.5) is 5.13 Å². The van der Waals surface area contributed by atoms with E-state index in [1.165, 1.54) is 11.3 Å². The number of carbonyl (C=O) groups is 2. The predicted octanol–water partition coefficient (Wildman–Crippen LogP) is 3.79. The van der Waals surface area contributed by atoms with Crippen molar-refractivity contribution in [2.45, 2.75) is 25.2 Å². The minimum absolute atomic E-state index is 0.0186. The Morgan fingerprint density at radius 3 is 2.70 bits per heavy atom. The normalized spacial score (nSPS) is 14.8. The van der Waals surface area contributed by atoms with Crippen molar-refractivity contribution in [3.05, 3.63) is 76.3 Å². The number of amides is 2. The number of rotatable bonds is 7. The number of fused-ring (bicyclic) bond motifs is 1. The maximum atomic E-state index is 12.7. The topological polar surface area (TPSA) is 80.3 Å². The molecule has 1 unspecified atom stereocenters. The Bertz CT molecular complexity index is 1050. The second kappa shape index (κ2) is 9.09. The zero-order valence-electron chi connectivity index (χ0n) is 16.7. The molecule has 7 heteroatoms. The van der Waals surface area contributed by atoms with Crippen molar-refractivity contribution in [2.75, 3.05) is 19.0 Å². The van der Waals surface area contributed by atoms with Crippen molar-refractivity contribution < 1.29 is 14.3 Å². The number of nitrogens with zero attached hydrogens (tertiary/aromatic N) is 1. The summed E-state index contributed by atoms with van der Waals surface area (Å²) in [6, 6.07) is 16.8. The number of hydrogen-bond donors (Lipinski definition) is 2. The first-order valence-electron chi connectivity index (χ1n) is 9.91. The van der Waals surface area contributed by atoms with Gasteiger partial charge in [0, 0.05) is 17.0 Å². The molecule has 0 saturated heterocycles. The van der Waals surface area contributed by atoms with E-state index in [2.05, 4.69) is 15.6 Å². The van der Waals surface area contributed by atoms with Gasteiger partial charge >= 0.3 is 0 Å². The Morgan fingerprint density at radius 1 is 1.13 bits per heavy atom. The van der Waals surface area contributed by atoms with Crippen molar-refractivity contribution in [1.82, 2.24) is 10.3 Å². The zero-order chi connectivity index (χ0) is 20.9. The van der Waals surface area contributed by atoms with E-state index in [0.717, 1.165) is 34.7 Å². The first-order valence-corrected chi connectivity index (χ1v) is 10.7. The number of carbonyl (C=O) groups excluding carboxylic acids is 2. The monoisotopic (exact) mass is 421 g/mol. The van der Waals surface area contributed by atoms with Gasteiger partial charge < -0.3 is 10.1 Å². The van der Waals surface area contributed by atoms with Crippen LogP contribution in [0.1, 0.15) is 38.8 Å². The van der Waals surface area contributed by atoms with E-state index in [1.54, 1.807) is 19.2 Å². The van der Waals surface area contributed by atoms with Gasteiger partial charge in [-0.15, -0.1) is 11.3 Å². The molecule has 2 aromatic carbocycles. The molecule has 0 bridgehead atoms. The van der Waals surface area contributed by atoms with E-state index < -0.39 is 0 Å². The number of anilines is 1. The van der Waals surface area contributed by atoms with Gasteiger partial charge in [0.25, 0.3) is 5.91 Å². The van der Waals surface area contributed by atoms with Crippen LogP contribution in [-0.4, -0.2) is 30.5 Å². The fourth-order valence-electron chi connectivity index (χ4n) is 3.65. The lowest BCUT2D eigenvalue weighted by molar-refractivity contribution is -0.122. The summed E-state index contributed by atoms with van der Waals surface area (Å²) in [4.78, 5) is 30.7. The first kappa shape index (κ1) is 20.1. The van der Waals surface area contributed by atoms with Crippen molar-refractivity contribution in [2.24, 2.45) is 0 Å². The number of nitrogens with one attached hydrogen (secondary N) is 2. The fourth-order valence-corrected chi connectivity index (χ4v) is 4.68. The molecule has 2 N–H and O–H groups in total. The molecule has 1 aliphatic carbocycles. The molecule has 0 saturated carbocycles. The number of aromatic nitrogens is 1. The van der Waals surface area contributed by atoms with E-state index in [4.69, 9.17) is 4.74 Å².